The molecule has 0 fully saturated rings. The summed E-state index contributed by atoms with van der Waals surface area (Å²) in [5.74, 6) is 0.694. The first-order valence-electron chi connectivity index (χ1n) is 3.35. The fourth-order valence-corrected chi connectivity index (χ4v) is 1.34. The summed E-state index contributed by atoms with van der Waals surface area (Å²) >= 11 is 3.28. The summed E-state index contributed by atoms with van der Waals surface area (Å²) in [5.41, 5.74) is 5.67. The highest BCUT2D eigenvalue weighted by Gasteiger charge is 2.11. The Balaban J connectivity index is 2.67. The number of aliphatic hydroxyl groups excluding tert-OH is 1. The number of nitrogens with two attached hydrogens (primary N) is 1. The van der Waals surface area contributed by atoms with Gasteiger partial charge in [0.25, 0.3) is 0 Å². The van der Waals surface area contributed by atoms with E-state index in [2.05, 4.69) is 15.9 Å². The van der Waals surface area contributed by atoms with Gasteiger partial charge in [0.2, 0.25) is 0 Å². The zero-order chi connectivity index (χ0) is 8.27. The molecule has 1 rings (SSSR count). The minimum atomic E-state index is -0.218. The largest absolute Gasteiger partial charge is 0.466 e. The molecule has 0 aliphatic heterocycles. The van der Waals surface area contributed by atoms with E-state index in [1.165, 1.54) is 0 Å². The molecule has 62 valence electrons. The molecule has 1 atom stereocenters. The Bertz CT molecular complexity index is 224. The molecule has 0 aliphatic rings. The van der Waals surface area contributed by atoms with Crippen molar-refractivity contribution < 1.29 is 9.52 Å². The van der Waals surface area contributed by atoms with Gasteiger partial charge in [-0.1, -0.05) is 0 Å². The van der Waals surface area contributed by atoms with Crippen molar-refractivity contribution in [1.29, 1.82) is 0 Å². The summed E-state index contributed by atoms with van der Waals surface area (Å²) in [5, 5.41) is 8.59. The maximum absolute atomic E-state index is 8.59. The second kappa shape index (κ2) is 3.90. The smallest absolute Gasteiger partial charge is 0.134 e. The lowest BCUT2D eigenvalue weighted by molar-refractivity contribution is 0.268. The van der Waals surface area contributed by atoms with Crippen molar-refractivity contribution in [3.8, 4) is 0 Å². The average Bonchev–Trinajstić information content (AvgIpc) is 2.36. The number of aliphatic hydroxyl groups is 1. The first-order chi connectivity index (χ1) is 5.25. The second-order valence-corrected chi connectivity index (χ2v) is 3.11. The van der Waals surface area contributed by atoms with Crippen LogP contribution >= 0.6 is 15.9 Å². The molecule has 0 radical (unpaired) electrons. The minimum Gasteiger partial charge on any atom is -0.466 e. The summed E-state index contributed by atoms with van der Waals surface area (Å²) in [4.78, 5) is 0. The lowest BCUT2D eigenvalue weighted by Gasteiger charge is -2.05. The quantitative estimate of drug-likeness (QED) is 0.809. The van der Waals surface area contributed by atoms with Crippen LogP contribution in [0.3, 0.4) is 0 Å². The number of rotatable bonds is 3. The molecular formula is C7H10BrNO2. The van der Waals surface area contributed by atoms with Crippen LogP contribution in [0, 0.1) is 0 Å². The van der Waals surface area contributed by atoms with E-state index in [0.29, 0.717) is 12.2 Å². The maximum Gasteiger partial charge on any atom is 0.134 e. The summed E-state index contributed by atoms with van der Waals surface area (Å²) in [6.45, 7) is 0.0777. The summed E-state index contributed by atoms with van der Waals surface area (Å²) < 4.78 is 5.96. The maximum atomic E-state index is 8.59. The van der Waals surface area contributed by atoms with E-state index in [-0.39, 0.29) is 12.6 Å². The molecule has 0 amide bonds. The van der Waals surface area contributed by atoms with E-state index in [9.17, 15) is 0 Å². The van der Waals surface area contributed by atoms with E-state index < -0.39 is 0 Å². The van der Waals surface area contributed by atoms with Crippen LogP contribution in [-0.2, 0) is 0 Å². The molecule has 0 bridgehead atoms. The third kappa shape index (κ3) is 2.05. The molecule has 0 unspecified atom stereocenters. The molecule has 1 heterocycles. The summed E-state index contributed by atoms with van der Waals surface area (Å²) in [6.07, 6.45) is 2.09. The molecule has 1 aromatic rings. The molecule has 3 nitrogen and oxygen atoms in total. The van der Waals surface area contributed by atoms with Gasteiger partial charge in [0, 0.05) is 6.61 Å². The van der Waals surface area contributed by atoms with Crippen LogP contribution in [-0.4, -0.2) is 11.7 Å². The Kier molecular flexibility index (Phi) is 3.11. The first-order valence-corrected chi connectivity index (χ1v) is 4.14. The standard InChI is InChI=1S/C7H10BrNO2/c8-5-2-4-11-7(5)6(9)1-3-10/h2,4,6,10H,1,3,9H2/t6-/m1/s1. The predicted molar refractivity (Wildman–Crippen MR) is 45.0 cm³/mol. The highest BCUT2D eigenvalue weighted by Crippen LogP contribution is 2.24. The molecule has 0 aromatic carbocycles. The van der Waals surface area contributed by atoms with Crippen LogP contribution in [0.5, 0.6) is 0 Å². The molecule has 3 N–H and O–H groups in total. The Morgan fingerprint density at radius 1 is 1.73 bits per heavy atom. The zero-order valence-corrected chi connectivity index (χ0v) is 7.54. The van der Waals surface area contributed by atoms with Gasteiger partial charge in [0.1, 0.15) is 5.76 Å². The Morgan fingerprint density at radius 3 is 2.91 bits per heavy atom. The van der Waals surface area contributed by atoms with Gasteiger partial charge in [-0.2, -0.15) is 0 Å². The number of hydrogen-bond donors (Lipinski definition) is 2. The molecule has 4 heteroatoms. The lowest BCUT2D eigenvalue weighted by Crippen LogP contribution is -2.11. The minimum absolute atomic E-state index is 0.0777. The van der Waals surface area contributed by atoms with E-state index in [4.69, 9.17) is 15.3 Å². The van der Waals surface area contributed by atoms with Crippen LogP contribution in [0.4, 0.5) is 0 Å². The van der Waals surface area contributed by atoms with Crippen molar-refractivity contribution in [1.82, 2.24) is 0 Å². The van der Waals surface area contributed by atoms with Gasteiger partial charge in [-0.3, -0.25) is 0 Å². The van der Waals surface area contributed by atoms with Gasteiger partial charge in [0.05, 0.1) is 16.8 Å². The highest BCUT2D eigenvalue weighted by atomic mass is 79.9. The van der Waals surface area contributed by atoms with E-state index in [0.717, 1.165) is 4.47 Å². The Labute approximate surface area is 73.3 Å². The van der Waals surface area contributed by atoms with Crippen LogP contribution in [0.1, 0.15) is 18.2 Å². The van der Waals surface area contributed by atoms with Gasteiger partial charge >= 0.3 is 0 Å². The van der Waals surface area contributed by atoms with Gasteiger partial charge in [-0.25, -0.2) is 0 Å². The number of furan rings is 1. The average molecular weight is 220 g/mol. The number of hydrogen-bond acceptors (Lipinski definition) is 3. The second-order valence-electron chi connectivity index (χ2n) is 2.25. The fraction of sp³-hybridized carbons (Fsp3) is 0.429. The monoisotopic (exact) mass is 219 g/mol. The third-order valence-electron chi connectivity index (χ3n) is 1.42. The van der Waals surface area contributed by atoms with Crippen molar-refractivity contribution in [2.45, 2.75) is 12.5 Å². The van der Waals surface area contributed by atoms with Gasteiger partial charge < -0.3 is 15.3 Å². The van der Waals surface area contributed by atoms with Crippen molar-refractivity contribution in [2.24, 2.45) is 5.73 Å². The number of halogens is 1. The van der Waals surface area contributed by atoms with Gasteiger partial charge in [0.15, 0.2) is 0 Å². The third-order valence-corrected chi connectivity index (χ3v) is 2.08. The first kappa shape index (κ1) is 8.77. The van der Waals surface area contributed by atoms with Crippen LogP contribution < -0.4 is 5.73 Å². The fourth-order valence-electron chi connectivity index (χ4n) is 0.840. The SMILES string of the molecule is N[C@H](CCO)c1occc1Br. The lowest BCUT2D eigenvalue weighted by atomic mass is 10.2. The van der Waals surface area contributed by atoms with Gasteiger partial charge in [-0.05, 0) is 28.4 Å². The predicted octanol–water partition coefficient (Wildman–Crippen LogP) is 1.42. The Hall–Kier alpha value is -0.320. The van der Waals surface area contributed by atoms with Crippen molar-refractivity contribution in [3.63, 3.8) is 0 Å². The molecule has 0 aliphatic carbocycles. The van der Waals surface area contributed by atoms with Crippen LogP contribution in [0.25, 0.3) is 0 Å². The van der Waals surface area contributed by atoms with E-state index >= 15 is 0 Å². The molecule has 0 spiro atoms. The van der Waals surface area contributed by atoms with Crippen LogP contribution in [0.2, 0.25) is 0 Å². The van der Waals surface area contributed by atoms with Crippen molar-refractivity contribution >= 4 is 15.9 Å². The van der Waals surface area contributed by atoms with Gasteiger partial charge in [-0.15, -0.1) is 0 Å². The molecule has 1 aromatic heterocycles. The Morgan fingerprint density at radius 2 is 2.45 bits per heavy atom. The summed E-state index contributed by atoms with van der Waals surface area (Å²) in [6, 6.07) is 1.57. The molecule has 11 heavy (non-hydrogen) atoms. The van der Waals surface area contributed by atoms with Crippen molar-refractivity contribution in [2.75, 3.05) is 6.61 Å². The molecule has 0 saturated carbocycles. The van der Waals surface area contributed by atoms with E-state index in [1.807, 2.05) is 0 Å². The topological polar surface area (TPSA) is 59.4 Å². The van der Waals surface area contributed by atoms with Crippen LogP contribution in [0.15, 0.2) is 21.2 Å². The zero-order valence-electron chi connectivity index (χ0n) is 5.96. The molecular weight excluding hydrogens is 210 g/mol. The summed E-state index contributed by atoms with van der Waals surface area (Å²) in [7, 11) is 0. The van der Waals surface area contributed by atoms with E-state index in [1.54, 1.807) is 12.3 Å². The molecule has 0 saturated heterocycles. The van der Waals surface area contributed by atoms with Crippen molar-refractivity contribution in [3.05, 3.63) is 22.6 Å². The normalized spacial score (nSPS) is 13.4. The highest BCUT2D eigenvalue weighted by molar-refractivity contribution is 9.10.